The van der Waals surface area contributed by atoms with E-state index in [0.717, 1.165) is 5.56 Å². The summed E-state index contributed by atoms with van der Waals surface area (Å²) in [4.78, 5) is 25.0. The number of thiophene rings is 1. The fourth-order valence-electron chi connectivity index (χ4n) is 2.60. The van der Waals surface area contributed by atoms with E-state index in [1.807, 2.05) is 29.6 Å². The third-order valence-electron chi connectivity index (χ3n) is 4.00. The van der Waals surface area contributed by atoms with E-state index in [1.165, 1.54) is 17.4 Å². The van der Waals surface area contributed by atoms with E-state index in [2.05, 4.69) is 5.32 Å². The van der Waals surface area contributed by atoms with Gasteiger partial charge < -0.3 is 14.8 Å². The summed E-state index contributed by atoms with van der Waals surface area (Å²) < 4.78 is 10.6. The predicted octanol–water partition coefficient (Wildman–Crippen LogP) is 4.63. The smallest absolute Gasteiger partial charge is 0.265 e. The first-order valence-electron chi connectivity index (χ1n) is 8.26. The van der Waals surface area contributed by atoms with Crippen molar-refractivity contribution < 1.29 is 19.1 Å². The van der Waals surface area contributed by atoms with Crippen molar-refractivity contribution in [2.75, 3.05) is 12.1 Å². The predicted molar refractivity (Wildman–Crippen MR) is 105 cm³/mol. The van der Waals surface area contributed by atoms with Crippen molar-refractivity contribution in [2.24, 2.45) is 0 Å². The van der Waals surface area contributed by atoms with Crippen LogP contribution in [-0.2, 0) is 0 Å². The number of hydrogen-bond donors (Lipinski definition) is 1. The highest BCUT2D eigenvalue weighted by atomic mass is 32.1. The lowest BCUT2D eigenvalue weighted by molar-refractivity contribution is 0.102. The minimum absolute atomic E-state index is 0.121. The van der Waals surface area contributed by atoms with Crippen LogP contribution in [0.4, 0.5) is 5.69 Å². The molecular formula is C21H15NO4S. The number of rotatable bonds is 5. The van der Waals surface area contributed by atoms with Crippen molar-refractivity contribution in [3.05, 3.63) is 82.1 Å². The van der Waals surface area contributed by atoms with Crippen LogP contribution < -0.4 is 14.8 Å². The van der Waals surface area contributed by atoms with Gasteiger partial charge in [-0.1, -0.05) is 18.2 Å². The maximum Gasteiger partial charge on any atom is 0.265 e. The zero-order valence-corrected chi connectivity index (χ0v) is 15.0. The molecule has 0 radical (unpaired) electrons. The zero-order chi connectivity index (χ0) is 18.6. The number of nitrogens with one attached hydrogen (secondary N) is 1. The normalized spacial score (nSPS) is 12.3. The van der Waals surface area contributed by atoms with Crippen LogP contribution >= 0.6 is 11.3 Å². The van der Waals surface area contributed by atoms with Crippen LogP contribution in [-0.4, -0.2) is 18.5 Å². The molecular weight excluding hydrogens is 362 g/mol. The molecule has 0 unspecified atom stereocenters. The highest BCUT2D eigenvalue weighted by molar-refractivity contribution is 7.12. The summed E-state index contributed by atoms with van der Waals surface area (Å²) in [6.07, 6.45) is 3.24. The van der Waals surface area contributed by atoms with Crippen LogP contribution in [0.15, 0.2) is 66.1 Å². The molecule has 6 heteroatoms. The fraction of sp³-hybridized carbons (Fsp3) is 0.0476. The van der Waals surface area contributed by atoms with Crippen LogP contribution in [0.25, 0.3) is 6.08 Å². The minimum Gasteiger partial charge on any atom is -0.454 e. The molecule has 0 saturated heterocycles. The molecule has 0 aliphatic carbocycles. The van der Waals surface area contributed by atoms with E-state index in [4.69, 9.17) is 9.47 Å². The Kier molecular flexibility index (Phi) is 4.72. The number of ketones is 1. The van der Waals surface area contributed by atoms with Gasteiger partial charge >= 0.3 is 0 Å². The van der Waals surface area contributed by atoms with Crippen LogP contribution in [0, 0.1) is 0 Å². The Morgan fingerprint density at radius 2 is 1.81 bits per heavy atom. The van der Waals surface area contributed by atoms with Crippen molar-refractivity contribution in [2.45, 2.75) is 0 Å². The van der Waals surface area contributed by atoms with Crippen molar-refractivity contribution in [3.8, 4) is 11.5 Å². The molecule has 4 rings (SSSR count). The molecule has 1 aromatic heterocycles. The average molecular weight is 377 g/mol. The molecule has 2 heterocycles. The number of carbonyl (C=O) groups excluding carboxylic acids is 2. The molecule has 1 amide bonds. The van der Waals surface area contributed by atoms with E-state index in [0.29, 0.717) is 27.6 Å². The number of anilines is 1. The first kappa shape index (κ1) is 17.1. The highest BCUT2D eigenvalue weighted by Crippen LogP contribution is 2.32. The molecule has 134 valence electrons. The molecule has 0 fully saturated rings. The number of amides is 1. The molecule has 3 aromatic rings. The van der Waals surface area contributed by atoms with Gasteiger partial charge in [-0.05, 0) is 59.5 Å². The van der Waals surface area contributed by atoms with Crippen LogP contribution in [0.2, 0.25) is 0 Å². The number of ether oxygens (including phenoxy) is 2. The van der Waals surface area contributed by atoms with Gasteiger partial charge in [0, 0.05) is 11.3 Å². The fourth-order valence-corrected chi connectivity index (χ4v) is 3.22. The summed E-state index contributed by atoms with van der Waals surface area (Å²) in [5.74, 6) is 1.10. The van der Waals surface area contributed by atoms with Gasteiger partial charge in [0.25, 0.3) is 5.91 Å². The standard InChI is InChI=1S/C21H15NO4S/c23-17(9-3-14-4-10-18-19(12-14)26-13-25-18)15-5-7-16(8-6-15)22-21(24)20-2-1-11-27-20/h1-12H,13H2,(H,22,24). The van der Waals surface area contributed by atoms with E-state index in [1.54, 1.807) is 36.4 Å². The van der Waals surface area contributed by atoms with Gasteiger partial charge in [0.1, 0.15) is 0 Å². The lowest BCUT2D eigenvalue weighted by Gasteiger charge is -2.04. The van der Waals surface area contributed by atoms with Gasteiger partial charge in [-0.3, -0.25) is 9.59 Å². The molecule has 0 spiro atoms. The summed E-state index contributed by atoms with van der Waals surface area (Å²) in [7, 11) is 0. The van der Waals surface area contributed by atoms with Crippen molar-refractivity contribution >= 4 is 34.8 Å². The Morgan fingerprint density at radius 1 is 1.00 bits per heavy atom. The number of allylic oxidation sites excluding steroid dienone is 1. The van der Waals surface area contributed by atoms with Crippen molar-refractivity contribution in [1.82, 2.24) is 0 Å². The molecule has 27 heavy (non-hydrogen) atoms. The van der Waals surface area contributed by atoms with E-state index in [-0.39, 0.29) is 18.5 Å². The van der Waals surface area contributed by atoms with Gasteiger partial charge in [-0.15, -0.1) is 11.3 Å². The summed E-state index contributed by atoms with van der Waals surface area (Å²) in [6, 6.07) is 15.9. The van der Waals surface area contributed by atoms with E-state index in [9.17, 15) is 9.59 Å². The first-order chi connectivity index (χ1) is 13.2. The van der Waals surface area contributed by atoms with Gasteiger partial charge in [0.2, 0.25) is 6.79 Å². The van der Waals surface area contributed by atoms with Crippen LogP contribution in [0.1, 0.15) is 25.6 Å². The van der Waals surface area contributed by atoms with E-state index >= 15 is 0 Å². The number of carbonyl (C=O) groups is 2. The number of benzene rings is 2. The molecule has 1 N–H and O–H groups in total. The molecule has 0 bridgehead atoms. The van der Waals surface area contributed by atoms with Crippen LogP contribution in [0.3, 0.4) is 0 Å². The molecule has 2 aromatic carbocycles. The highest BCUT2D eigenvalue weighted by Gasteiger charge is 2.12. The van der Waals surface area contributed by atoms with Gasteiger partial charge in [0.15, 0.2) is 17.3 Å². The Balaban J connectivity index is 1.41. The Morgan fingerprint density at radius 3 is 2.59 bits per heavy atom. The average Bonchev–Trinajstić information content (AvgIpc) is 3.38. The molecule has 1 aliphatic rings. The summed E-state index contributed by atoms with van der Waals surface area (Å²) in [5, 5.41) is 4.66. The Labute approximate surface area is 159 Å². The summed E-state index contributed by atoms with van der Waals surface area (Å²) >= 11 is 1.38. The van der Waals surface area contributed by atoms with Crippen molar-refractivity contribution in [3.63, 3.8) is 0 Å². The third kappa shape index (κ3) is 3.91. The van der Waals surface area contributed by atoms with Gasteiger partial charge in [-0.2, -0.15) is 0 Å². The minimum atomic E-state index is -0.160. The quantitative estimate of drug-likeness (QED) is 0.520. The SMILES string of the molecule is O=C(C=Cc1ccc2c(c1)OCO2)c1ccc(NC(=O)c2cccs2)cc1. The Hall–Kier alpha value is -3.38. The van der Waals surface area contributed by atoms with E-state index < -0.39 is 0 Å². The van der Waals surface area contributed by atoms with Crippen molar-refractivity contribution in [1.29, 1.82) is 0 Å². The maximum absolute atomic E-state index is 12.3. The van der Waals surface area contributed by atoms with Crippen LogP contribution in [0.5, 0.6) is 11.5 Å². The molecule has 0 saturated carbocycles. The topological polar surface area (TPSA) is 64.6 Å². The monoisotopic (exact) mass is 377 g/mol. The second-order valence-electron chi connectivity index (χ2n) is 5.82. The second-order valence-corrected chi connectivity index (χ2v) is 6.77. The molecule has 5 nitrogen and oxygen atoms in total. The van der Waals surface area contributed by atoms with Gasteiger partial charge in [0.05, 0.1) is 4.88 Å². The Bertz CT molecular complexity index is 1010. The lowest BCUT2D eigenvalue weighted by atomic mass is 10.1. The number of fused-ring (bicyclic) bond motifs is 1. The second kappa shape index (κ2) is 7.47. The third-order valence-corrected chi connectivity index (χ3v) is 4.86. The van der Waals surface area contributed by atoms with Gasteiger partial charge in [-0.25, -0.2) is 0 Å². The summed E-state index contributed by atoms with van der Waals surface area (Å²) in [5.41, 5.74) is 2.04. The summed E-state index contributed by atoms with van der Waals surface area (Å²) in [6.45, 7) is 0.219. The zero-order valence-electron chi connectivity index (χ0n) is 14.2. The lowest BCUT2D eigenvalue weighted by Crippen LogP contribution is -2.10. The first-order valence-corrected chi connectivity index (χ1v) is 9.14. The number of hydrogen-bond acceptors (Lipinski definition) is 5. The molecule has 1 aliphatic heterocycles. The largest absolute Gasteiger partial charge is 0.454 e. The maximum atomic E-state index is 12.3. The molecule has 0 atom stereocenters.